The van der Waals surface area contributed by atoms with E-state index in [1.165, 1.54) is 58.3 Å². The third-order valence-electron chi connectivity index (χ3n) is 4.48. The molecule has 0 saturated heterocycles. The van der Waals surface area contributed by atoms with Gasteiger partial charge in [-0.1, -0.05) is 55.4 Å². The van der Waals surface area contributed by atoms with E-state index in [0.717, 1.165) is 0 Å². The fourth-order valence-electron chi connectivity index (χ4n) is 3.03. The minimum Gasteiger partial charge on any atom is -0.270 e. The maximum Gasteiger partial charge on any atom is 0.0465 e. The van der Waals surface area contributed by atoms with Crippen molar-refractivity contribution in [1.29, 1.82) is 0 Å². The molecule has 0 atom stereocenters. The van der Waals surface area contributed by atoms with E-state index in [1.807, 2.05) is 0 Å². The zero-order valence-electron chi connectivity index (χ0n) is 17.0. The van der Waals surface area contributed by atoms with Crippen LogP contribution in [0.3, 0.4) is 0 Å². The largest absolute Gasteiger partial charge is 0.270 e. The molecule has 0 rings (SSSR count). The van der Waals surface area contributed by atoms with Crippen LogP contribution in [0.1, 0.15) is 55.4 Å². The minimum absolute atomic E-state index is 0.203. The Labute approximate surface area is 149 Å². The quantitative estimate of drug-likeness (QED) is 0.405. The second-order valence-electron chi connectivity index (χ2n) is 5.44. The van der Waals surface area contributed by atoms with E-state index < -0.39 is 0 Å². The molecule has 0 heterocycles. The zero-order chi connectivity index (χ0) is 17.8. The molecule has 0 radical (unpaired) electrons. The SMILES string of the molecule is CCN(CC)P(CP(N(CC)CC)N(CC)CC)N(CC)CC. The van der Waals surface area contributed by atoms with Gasteiger partial charge >= 0.3 is 0 Å². The first-order valence-corrected chi connectivity index (χ1v) is 12.5. The highest BCUT2D eigenvalue weighted by molar-refractivity contribution is 7.70. The van der Waals surface area contributed by atoms with Gasteiger partial charge in [0.15, 0.2) is 0 Å². The predicted octanol–water partition coefficient (Wildman–Crippen LogP) is 4.93. The van der Waals surface area contributed by atoms with Crippen LogP contribution in [0.2, 0.25) is 0 Å². The average Bonchev–Trinajstić information content (AvgIpc) is 2.58. The number of hydrogen-bond donors (Lipinski definition) is 0. The molecule has 0 amide bonds. The van der Waals surface area contributed by atoms with Gasteiger partial charge in [-0.2, -0.15) is 0 Å². The molecular formula is C17H42N4P2. The summed E-state index contributed by atoms with van der Waals surface area (Å²) >= 11 is 0. The van der Waals surface area contributed by atoms with Gasteiger partial charge in [0, 0.05) is 74.7 Å². The van der Waals surface area contributed by atoms with Gasteiger partial charge in [-0.25, -0.2) is 0 Å². The maximum absolute atomic E-state index is 2.71. The van der Waals surface area contributed by atoms with Crippen LogP contribution in [0.25, 0.3) is 0 Å². The van der Waals surface area contributed by atoms with Crippen molar-refractivity contribution in [2.75, 3.05) is 58.3 Å². The van der Waals surface area contributed by atoms with Crippen molar-refractivity contribution in [2.24, 2.45) is 0 Å². The molecule has 0 aliphatic heterocycles. The molecule has 0 saturated carbocycles. The van der Waals surface area contributed by atoms with Gasteiger partial charge in [0.05, 0.1) is 0 Å². The minimum atomic E-state index is -0.203. The molecule has 0 aliphatic rings. The van der Waals surface area contributed by atoms with Crippen LogP contribution in [0.5, 0.6) is 0 Å². The summed E-state index contributed by atoms with van der Waals surface area (Å²) in [6.07, 6.45) is 0. The van der Waals surface area contributed by atoms with E-state index in [9.17, 15) is 0 Å². The summed E-state index contributed by atoms with van der Waals surface area (Å²) in [5.41, 5.74) is 0. The topological polar surface area (TPSA) is 13.0 Å². The Kier molecular flexibility index (Phi) is 14.4. The van der Waals surface area contributed by atoms with Crippen LogP contribution >= 0.6 is 16.4 Å². The first kappa shape index (κ1) is 23.7. The summed E-state index contributed by atoms with van der Waals surface area (Å²) in [5, 5.41) is 0. The molecule has 4 nitrogen and oxygen atoms in total. The summed E-state index contributed by atoms with van der Waals surface area (Å²) in [6, 6.07) is 0. The van der Waals surface area contributed by atoms with E-state index in [1.54, 1.807) is 0 Å². The normalized spacial score (nSPS) is 12.8. The summed E-state index contributed by atoms with van der Waals surface area (Å²) < 4.78 is 10.9. The Morgan fingerprint density at radius 2 is 0.565 bits per heavy atom. The third kappa shape index (κ3) is 7.22. The van der Waals surface area contributed by atoms with Crippen LogP contribution < -0.4 is 0 Å². The summed E-state index contributed by atoms with van der Waals surface area (Å²) in [5.74, 6) is 1.33. The van der Waals surface area contributed by atoms with Crippen molar-refractivity contribution in [3.8, 4) is 0 Å². The van der Waals surface area contributed by atoms with Crippen molar-refractivity contribution in [3.05, 3.63) is 0 Å². The average molecular weight is 364 g/mol. The fraction of sp³-hybridized carbons (Fsp3) is 1.00. The van der Waals surface area contributed by atoms with Gasteiger partial charge in [-0.15, -0.1) is 0 Å². The fourth-order valence-corrected chi connectivity index (χ4v) is 10.1. The third-order valence-corrected chi connectivity index (χ3v) is 11.4. The van der Waals surface area contributed by atoms with E-state index in [-0.39, 0.29) is 16.4 Å². The Balaban J connectivity index is 5.46. The molecule has 0 N–H and O–H groups in total. The molecule has 0 fully saturated rings. The van der Waals surface area contributed by atoms with Crippen molar-refractivity contribution in [1.82, 2.24) is 18.7 Å². The molecular weight excluding hydrogens is 322 g/mol. The predicted molar refractivity (Wildman–Crippen MR) is 110 cm³/mol. The number of rotatable bonds is 14. The highest BCUT2D eigenvalue weighted by Gasteiger charge is 2.30. The summed E-state index contributed by atoms with van der Waals surface area (Å²) in [6.45, 7) is 27.9. The van der Waals surface area contributed by atoms with E-state index >= 15 is 0 Å². The van der Waals surface area contributed by atoms with Crippen molar-refractivity contribution >= 4 is 16.4 Å². The first-order chi connectivity index (χ1) is 11.1. The summed E-state index contributed by atoms with van der Waals surface area (Å²) in [4.78, 5) is 0. The molecule has 6 heteroatoms. The molecule has 0 aromatic rings. The van der Waals surface area contributed by atoms with Crippen molar-refractivity contribution in [2.45, 2.75) is 55.4 Å². The lowest BCUT2D eigenvalue weighted by Gasteiger charge is -2.44. The van der Waals surface area contributed by atoms with Crippen LogP contribution in [0.15, 0.2) is 0 Å². The van der Waals surface area contributed by atoms with Gasteiger partial charge in [-0.3, -0.25) is 18.7 Å². The standard InChI is InChI=1S/C17H42N4P2/c1-9-18(10-2)22(19(11-3)12-4)17-23(20(13-5)14-6)21(15-7)16-8/h9-17H2,1-8H3. The monoisotopic (exact) mass is 364 g/mol. The van der Waals surface area contributed by atoms with Gasteiger partial charge in [-0.05, 0) is 0 Å². The molecule has 0 bridgehead atoms. The molecule has 0 unspecified atom stereocenters. The first-order valence-electron chi connectivity index (χ1n) is 9.62. The van der Waals surface area contributed by atoms with E-state index in [0.29, 0.717) is 0 Å². The Morgan fingerprint density at radius 3 is 0.696 bits per heavy atom. The smallest absolute Gasteiger partial charge is 0.0465 e. The van der Waals surface area contributed by atoms with E-state index in [2.05, 4.69) is 74.1 Å². The summed E-state index contributed by atoms with van der Waals surface area (Å²) in [7, 11) is -0.406. The number of nitrogens with zero attached hydrogens (tertiary/aromatic N) is 4. The van der Waals surface area contributed by atoms with Crippen LogP contribution in [-0.2, 0) is 0 Å². The molecule has 0 aliphatic carbocycles. The second-order valence-corrected chi connectivity index (χ2v) is 10.3. The molecule has 140 valence electrons. The van der Waals surface area contributed by atoms with E-state index in [4.69, 9.17) is 0 Å². The Hall–Kier alpha value is 0.700. The Morgan fingerprint density at radius 1 is 0.391 bits per heavy atom. The molecule has 23 heavy (non-hydrogen) atoms. The van der Waals surface area contributed by atoms with Gasteiger partial charge in [0.2, 0.25) is 0 Å². The van der Waals surface area contributed by atoms with Gasteiger partial charge in [0.25, 0.3) is 0 Å². The lowest BCUT2D eigenvalue weighted by molar-refractivity contribution is 0.413. The molecule has 0 aromatic heterocycles. The molecule has 0 aromatic carbocycles. The number of hydrogen-bond acceptors (Lipinski definition) is 4. The highest BCUT2D eigenvalue weighted by atomic mass is 31.2. The lowest BCUT2D eigenvalue weighted by Crippen LogP contribution is -2.35. The van der Waals surface area contributed by atoms with Crippen LogP contribution in [-0.4, -0.2) is 76.9 Å². The van der Waals surface area contributed by atoms with Crippen LogP contribution in [0.4, 0.5) is 0 Å². The maximum atomic E-state index is 2.71. The zero-order valence-corrected chi connectivity index (χ0v) is 18.8. The van der Waals surface area contributed by atoms with Crippen molar-refractivity contribution in [3.63, 3.8) is 0 Å². The van der Waals surface area contributed by atoms with Crippen molar-refractivity contribution < 1.29 is 0 Å². The highest BCUT2D eigenvalue weighted by Crippen LogP contribution is 2.58. The lowest BCUT2D eigenvalue weighted by atomic mass is 10.7. The van der Waals surface area contributed by atoms with Gasteiger partial charge in [0.1, 0.15) is 0 Å². The Bertz CT molecular complexity index is 215. The van der Waals surface area contributed by atoms with Gasteiger partial charge < -0.3 is 0 Å². The van der Waals surface area contributed by atoms with Crippen LogP contribution in [0, 0.1) is 0 Å². The molecule has 0 spiro atoms. The second kappa shape index (κ2) is 13.9.